The minimum absolute atomic E-state index is 0.0676. The van der Waals surface area contributed by atoms with Crippen LogP contribution in [0.15, 0.2) is 23.8 Å². The fourth-order valence-corrected chi connectivity index (χ4v) is 5.20. The first-order chi connectivity index (χ1) is 10.2. The molecule has 108 valence electrons. The number of rotatable bonds is 2. The first-order valence-corrected chi connectivity index (χ1v) is 8.76. The molecular weight excluding hydrogens is 326 g/mol. The van der Waals surface area contributed by atoms with E-state index in [4.69, 9.17) is 11.6 Å². The highest BCUT2D eigenvalue weighted by atomic mass is 35.5. The smallest absolute Gasteiger partial charge is 0.263 e. The highest BCUT2D eigenvalue weighted by Crippen LogP contribution is 2.38. The van der Waals surface area contributed by atoms with E-state index >= 15 is 0 Å². The van der Waals surface area contributed by atoms with Gasteiger partial charge < -0.3 is 9.88 Å². The zero-order valence-electron chi connectivity index (χ0n) is 11.0. The molecule has 21 heavy (non-hydrogen) atoms. The van der Waals surface area contributed by atoms with Crippen molar-refractivity contribution in [3.05, 3.63) is 39.6 Å². The second-order valence-corrected chi connectivity index (χ2v) is 7.64. The molecule has 3 aromatic heterocycles. The third-order valence-electron chi connectivity index (χ3n) is 3.74. The summed E-state index contributed by atoms with van der Waals surface area (Å²) in [5, 5.41) is 6.66. The molecule has 1 amide bonds. The summed E-state index contributed by atoms with van der Waals surface area (Å²) in [4.78, 5) is 17.4. The van der Waals surface area contributed by atoms with Crippen LogP contribution in [-0.4, -0.2) is 21.5 Å². The monoisotopic (exact) mass is 337 g/mol. The fourth-order valence-electron chi connectivity index (χ4n) is 2.68. The number of hydrogen-bond acceptors (Lipinski definition) is 4. The summed E-state index contributed by atoms with van der Waals surface area (Å²) in [7, 11) is 0. The number of carbonyl (C=O) groups is 1. The number of thiophene rings is 2. The molecule has 0 saturated heterocycles. The van der Waals surface area contributed by atoms with Gasteiger partial charge in [0.05, 0.1) is 9.04 Å². The van der Waals surface area contributed by atoms with Gasteiger partial charge in [0, 0.05) is 36.8 Å². The lowest BCUT2D eigenvalue weighted by atomic mass is 10.1. The van der Waals surface area contributed by atoms with Gasteiger partial charge in [0.2, 0.25) is 0 Å². The van der Waals surface area contributed by atoms with Gasteiger partial charge in [0.1, 0.15) is 10.7 Å². The first-order valence-electron chi connectivity index (χ1n) is 6.69. The normalized spacial score (nSPS) is 17.9. The van der Waals surface area contributed by atoms with Crippen molar-refractivity contribution in [2.45, 2.75) is 25.4 Å². The van der Waals surface area contributed by atoms with Crippen LogP contribution in [0.4, 0.5) is 0 Å². The van der Waals surface area contributed by atoms with Crippen LogP contribution in [0.25, 0.3) is 9.40 Å². The quantitative estimate of drug-likeness (QED) is 0.777. The highest BCUT2D eigenvalue weighted by molar-refractivity contribution is 7.38. The topological polar surface area (TPSA) is 46.9 Å². The Morgan fingerprint density at radius 3 is 3.29 bits per heavy atom. The maximum Gasteiger partial charge on any atom is 0.263 e. The van der Waals surface area contributed by atoms with Crippen molar-refractivity contribution >= 4 is 49.6 Å². The van der Waals surface area contributed by atoms with E-state index in [1.807, 2.05) is 23.8 Å². The van der Waals surface area contributed by atoms with E-state index in [9.17, 15) is 4.79 Å². The minimum atomic E-state index is -0.0676. The molecular formula is C14H12ClN3OS2. The van der Waals surface area contributed by atoms with Crippen molar-refractivity contribution in [1.29, 1.82) is 0 Å². The lowest BCUT2D eigenvalue weighted by Crippen LogP contribution is -2.40. The van der Waals surface area contributed by atoms with Crippen molar-refractivity contribution in [2.75, 3.05) is 0 Å². The number of nitrogens with zero attached hydrogens (tertiary/aromatic N) is 2. The fraction of sp³-hybridized carbons (Fsp3) is 0.286. The largest absolute Gasteiger partial charge is 0.347 e. The summed E-state index contributed by atoms with van der Waals surface area (Å²) < 4.78 is 3.20. The molecule has 0 bridgehead atoms. The number of fused-ring (bicyclic) bond motifs is 2. The second kappa shape index (κ2) is 5.12. The molecule has 7 heteroatoms. The average Bonchev–Trinajstić information content (AvgIpc) is 3.16. The molecule has 1 unspecified atom stereocenters. The predicted molar refractivity (Wildman–Crippen MR) is 86.5 cm³/mol. The molecule has 0 spiro atoms. The molecule has 0 fully saturated rings. The second-order valence-electron chi connectivity index (χ2n) is 5.07. The van der Waals surface area contributed by atoms with Crippen molar-refractivity contribution in [1.82, 2.24) is 14.9 Å². The Kier molecular flexibility index (Phi) is 3.24. The zero-order valence-corrected chi connectivity index (χ0v) is 13.4. The van der Waals surface area contributed by atoms with Crippen molar-refractivity contribution < 1.29 is 4.79 Å². The Bertz CT molecular complexity index is 819. The average molecular weight is 338 g/mol. The Morgan fingerprint density at radius 2 is 2.43 bits per heavy atom. The van der Waals surface area contributed by atoms with Gasteiger partial charge in [-0.2, -0.15) is 0 Å². The zero-order chi connectivity index (χ0) is 14.4. The molecule has 4 heterocycles. The molecule has 3 aromatic rings. The Labute approximate surface area is 134 Å². The molecule has 1 N–H and O–H groups in total. The molecule has 1 aliphatic rings. The summed E-state index contributed by atoms with van der Waals surface area (Å²) in [6.07, 6.45) is 5.58. The molecule has 0 aliphatic carbocycles. The summed E-state index contributed by atoms with van der Waals surface area (Å²) in [6.45, 7) is 0.776. The highest BCUT2D eigenvalue weighted by Gasteiger charge is 2.23. The molecule has 0 saturated carbocycles. The minimum Gasteiger partial charge on any atom is -0.347 e. The number of aromatic nitrogens is 2. The van der Waals surface area contributed by atoms with Crippen LogP contribution in [0, 0.1) is 0 Å². The molecule has 4 rings (SSSR count). The molecule has 4 nitrogen and oxygen atoms in total. The van der Waals surface area contributed by atoms with Gasteiger partial charge in [-0.15, -0.1) is 22.7 Å². The van der Waals surface area contributed by atoms with E-state index in [2.05, 4.69) is 14.9 Å². The SMILES string of the molecule is O=C(NC1CCc2nccn2C1)c1sc2sccc2c1Cl. The van der Waals surface area contributed by atoms with E-state index in [0.29, 0.717) is 9.90 Å². The van der Waals surface area contributed by atoms with Gasteiger partial charge in [-0.3, -0.25) is 4.79 Å². The van der Waals surface area contributed by atoms with E-state index in [0.717, 1.165) is 34.6 Å². The summed E-state index contributed by atoms with van der Waals surface area (Å²) >= 11 is 9.40. The molecule has 1 atom stereocenters. The Morgan fingerprint density at radius 1 is 1.52 bits per heavy atom. The van der Waals surface area contributed by atoms with Gasteiger partial charge >= 0.3 is 0 Å². The number of aryl methyl sites for hydroxylation is 1. The Balaban J connectivity index is 1.53. The number of nitrogens with one attached hydrogen (secondary N) is 1. The summed E-state index contributed by atoms with van der Waals surface area (Å²) in [5.41, 5.74) is 0. The van der Waals surface area contributed by atoms with Gasteiger partial charge in [-0.05, 0) is 17.9 Å². The van der Waals surface area contributed by atoms with E-state index in [1.54, 1.807) is 11.3 Å². The van der Waals surface area contributed by atoms with Crippen LogP contribution in [0.1, 0.15) is 21.9 Å². The first kappa shape index (κ1) is 13.3. The van der Waals surface area contributed by atoms with Crippen molar-refractivity contribution in [2.24, 2.45) is 0 Å². The van der Waals surface area contributed by atoms with Gasteiger partial charge in [-0.1, -0.05) is 11.6 Å². The number of imidazole rings is 1. The van der Waals surface area contributed by atoms with Crippen LogP contribution in [0.3, 0.4) is 0 Å². The van der Waals surface area contributed by atoms with Gasteiger partial charge in [-0.25, -0.2) is 4.98 Å². The number of hydrogen-bond donors (Lipinski definition) is 1. The molecule has 1 aliphatic heterocycles. The molecule has 0 radical (unpaired) electrons. The van der Waals surface area contributed by atoms with E-state index < -0.39 is 0 Å². The maximum absolute atomic E-state index is 12.4. The number of halogens is 1. The van der Waals surface area contributed by atoms with Crippen LogP contribution in [0.5, 0.6) is 0 Å². The summed E-state index contributed by atoms with van der Waals surface area (Å²) in [6, 6.07) is 2.10. The van der Waals surface area contributed by atoms with Gasteiger partial charge in [0.15, 0.2) is 0 Å². The predicted octanol–water partition coefficient (Wildman–Crippen LogP) is 3.56. The molecule has 0 aromatic carbocycles. The van der Waals surface area contributed by atoms with Crippen molar-refractivity contribution in [3.63, 3.8) is 0 Å². The lowest BCUT2D eigenvalue weighted by molar-refractivity contribution is 0.0932. The van der Waals surface area contributed by atoms with Crippen LogP contribution >= 0.6 is 34.3 Å². The van der Waals surface area contributed by atoms with Crippen molar-refractivity contribution in [3.8, 4) is 0 Å². The lowest BCUT2D eigenvalue weighted by Gasteiger charge is -2.24. The van der Waals surface area contributed by atoms with E-state index in [1.165, 1.54) is 11.3 Å². The number of carbonyl (C=O) groups excluding carboxylic acids is 1. The van der Waals surface area contributed by atoms with Crippen LogP contribution in [-0.2, 0) is 13.0 Å². The van der Waals surface area contributed by atoms with E-state index in [-0.39, 0.29) is 11.9 Å². The van der Waals surface area contributed by atoms with Crippen LogP contribution in [0.2, 0.25) is 5.02 Å². The number of amides is 1. The third-order valence-corrected chi connectivity index (χ3v) is 6.49. The van der Waals surface area contributed by atoms with Gasteiger partial charge in [0.25, 0.3) is 5.91 Å². The standard InChI is InChI=1S/C14H12ClN3OS2/c15-11-9-3-6-20-14(9)21-12(11)13(19)17-8-1-2-10-16-4-5-18(10)7-8/h3-6,8H,1-2,7H2,(H,17,19). The third kappa shape index (κ3) is 2.27. The summed E-state index contributed by atoms with van der Waals surface area (Å²) in [5.74, 6) is 1.03. The van der Waals surface area contributed by atoms with Crippen LogP contribution < -0.4 is 5.32 Å². The maximum atomic E-state index is 12.4. The Hall–Kier alpha value is -1.37.